The lowest BCUT2D eigenvalue weighted by Gasteiger charge is -2.39. The van der Waals surface area contributed by atoms with Crippen LogP contribution in [0.5, 0.6) is 5.75 Å². The first-order valence-electron chi connectivity index (χ1n) is 8.87. The van der Waals surface area contributed by atoms with Gasteiger partial charge in [0.2, 0.25) is 0 Å². The number of piperazine rings is 1. The smallest absolute Gasteiger partial charge is 0.263 e. The summed E-state index contributed by atoms with van der Waals surface area (Å²) in [6, 6.07) is 11.2. The van der Waals surface area contributed by atoms with Gasteiger partial charge in [-0.05, 0) is 66.2 Å². The highest BCUT2D eigenvalue weighted by molar-refractivity contribution is 9.11. The molecule has 1 heterocycles. The summed E-state index contributed by atoms with van der Waals surface area (Å²) in [7, 11) is -2.27. The molecule has 0 spiro atoms. The molecule has 0 saturated carbocycles. The molecule has 2 aromatic rings. The van der Waals surface area contributed by atoms with Gasteiger partial charge in [0.1, 0.15) is 10.6 Å². The van der Waals surface area contributed by atoms with E-state index >= 15 is 0 Å². The van der Waals surface area contributed by atoms with E-state index in [9.17, 15) is 8.42 Å². The molecule has 0 unspecified atom stereocenters. The fourth-order valence-electron chi connectivity index (χ4n) is 3.23. The maximum absolute atomic E-state index is 13.0. The van der Waals surface area contributed by atoms with E-state index in [4.69, 9.17) is 4.74 Å². The highest BCUT2D eigenvalue weighted by Gasteiger charge is 2.25. The Labute approximate surface area is 183 Å². The minimum Gasteiger partial charge on any atom is -0.495 e. The Morgan fingerprint density at radius 1 is 1.18 bits per heavy atom. The molecule has 0 radical (unpaired) electrons. The van der Waals surface area contributed by atoms with Crippen molar-refractivity contribution < 1.29 is 13.2 Å². The van der Waals surface area contributed by atoms with Crippen molar-refractivity contribution in [1.29, 1.82) is 0 Å². The number of sulfonamides is 1. The van der Waals surface area contributed by atoms with Gasteiger partial charge in [-0.1, -0.05) is 15.9 Å². The standard InChI is InChI=1S/C19H23Br2N3O3S/c1-12-11-24(13(2)10-22-12)15-5-6-18(27-3)17(9-15)23-28(25,26)19-7-4-14(20)8-16(19)21/h4-9,12-13,22-23H,10-11H2,1-3H3/t12-,13-/m1/s1. The van der Waals surface area contributed by atoms with Gasteiger partial charge in [-0.3, -0.25) is 4.72 Å². The van der Waals surface area contributed by atoms with Crippen LogP contribution in [0.1, 0.15) is 13.8 Å². The predicted octanol–water partition coefficient (Wildman–Crippen LogP) is 4.21. The molecule has 9 heteroatoms. The number of ether oxygens (including phenoxy) is 1. The summed E-state index contributed by atoms with van der Waals surface area (Å²) >= 11 is 6.67. The van der Waals surface area contributed by atoms with Gasteiger partial charge in [-0.2, -0.15) is 0 Å². The third-order valence-corrected chi connectivity index (χ3v) is 7.54. The molecule has 3 rings (SSSR count). The zero-order chi connectivity index (χ0) is 20.5. The Kier molecular flexibility index (Phi) is 6.58. The quantitative estimate of drug-likeness (QED) is 0.603. The van der Waals surface area contributed by atoms with Crippen LogP contribution in [-0.2, 0) is 10.0 Å². The van der Waals surface area contributed by atoms with Gasteiger partial charge in [-0.15, -0.1) is 0 Å². The molecular formula is C19H23Br2N3O3S. The van der Waals surface area contributed by atoms with Crippen LogP contribution < -0.4 is 19.7 Å². The number of hydrogen-bond donors (Lipinski definition) is 2. The molecule has 0 bridgehead atoms. The Hall–Kier alpha value is -1.29. The normalized spacial score (nSPS) is 20.1. The maximum Gasteiger partial charge on any atom is 0.263 e. The largest absolute Gasteiger partial charge is 0.495 e. The van der Waals surface area contributed by atoms with Crippen molar-refractivity contribution in [2.45, 2.75) is 30.8 Å². The zero-order valence-corrected chi connectivity index (χ0v) is 19.9. The molecule has 152 valence electrons. The van der Waals surface area contributed by atoms with Crippen LogP contribution in [0, 0.1) is 0 Å². The first-order chi connectivity index (χ1) is 13.2. The van der Waals surface area contributed by atoms with Crippen molar-refractivity contribution in [3.63, 3.8) is 0 Å². The van der Waals surface area contributed by atoms with Crippen molar-refractivity contribution in [3.05, 3.63) is 45.3 Å². The van der Waals surface area contributed by atoms with Crippen LogP contribution in [0.15, 0.2) is 50.2 Å². The van der Waals surface area contributed by atoms with Gasteiger partial charge in [0, 0.05) is 39.8 Å². The summed E-state index contributed by atoms with van der Waals surface area (Å²) in [6.07, 6.45) is 0. The lowest BCUT2D eigenvalue weighted by molar-refractivity contribution is 0.415. The summed E-state index contributed by atoms with van der Waals surface area (Å²) < 4.78 is 35.3. The minimum absolute atomic E-state index is 0.160. The van der Waals surface area contributed by atoms with Gasteiger partial charge >= 0.3 is 0 Å². The lowest BCUT2D eigenvalue weighted by Crippen LogP contribution is -2.54. The van der Waals surface area contributed by atoms with E-state index in [2.05, 4.69) is 60.6 Å². The number of rotatable bonds is 5. The number of nitrogens with one attached hydrogen (secondary N) is 2. The fourth-order valence-corrected chi connectivity index (χ4v) is 6.04. The van der Waals surface area contributed by atoms with Gasteiger partial charge in [-0.25, -0.2) is 8.42 Å². The van der Waals surface area contributed by atoms with E-state index in [0.29, 0.717) is 28.0 Å². The van der Waals surface area contributed by atoms with Crippen LogP contribution in [0.2, 0.25) is 0 Å². The summed E-state index contributed by atoms with van der Waals surface area (Å²) in [5.41, 5.74) is 1.36. The van der Waals surface area contributed by atoms with E-state index in [-0.39, 0.29) is 4.90 Å². The van der Waals surface area contributed by atoms with E-state index in [0.717, 1.165) is 23.2 Å². The molecule has 0 aliphatic carbocycles. The predicted molar refractivity (Wildman–Crippen MR) is 120 cm³/mol. The third-order valence-electron chi connectivity index (χ3n) is 4.71. The average molecular weight is 533 g/mol. The molecule has 2 N–H and O–H groups in total. The molecule has 28 heavy (non-hydrogen) atoms. The number of nitrogens with zero attached hydrogens (tertiary/aromatic N) is 1. The second-order valence-corrected chi connectivity index (χ2v) is 10.3. The molecule has 0 aromatic heterocycles. The minimum atomic E-state index is -3.79. The van der Waals surface area contributed by atoms with E-state index in [1.165, 1.54) is 7.11 Å². The fraction of sp³-hybridized carbons (Fsp3) is 0.368. The average Bonchev–Trinajstić information content (AvgIpc) is 2.63. The van der Waals surface area contributed by atoms with Gasteiger partial charge in [0.25, 0.3) is 10.0 Å². The molecular weight excluding hydrogens is 510 g/mol. The van der Waals surface area contributed by atoms with Crippen molar-refractivity contribution >= 4 is 53.3 Å². The molecule has 1 aliphatic heterocycles. The van der Waals surface area contributed by atoms with E-state index < -0.39 is 10.0 Å². The number of halogens is 2. The van der Waals surface area contributed by atoms with Crippen LogP contribution >= 0.6 is 31.9 Å². The SMILES string of the molecule is COc1ccc(N2C[C@@H](C)NC[C@H]2C)cc1NS(=O)(=O)c1ccc(Br)cc1Br. The lowest BCUT2D eigenvalue weighted by atomic mass is 10.1. The second kappa shape index (κ2) is 8.61. The first-order valence-corrected chi connectivity index (χ1v) is 11.9. The summed E-state index contributed by atoms with van der Waals surface area (Å²) in [5.74, 6) is 0.469. The summed E-state index contributed by atoms with van der Waals surface area (Å²) in [5, 5.41) is 3.45. The Morgan fingerprint density at radius 3 is 2.61 bits per heavy atom. The zero-order valence-electron chi connectivity index (χ0n) is 15.9. The Balaban J connectivity index is 1.96. The van der Waals surface area contributed by atoms with Crippen molar-refractivity contribution in [3.8, 4) is 5.75 Å². The molecule has 1 aliphatic rings. The van der Waals surface area contributed by atoms with Crippen molar-refractivity contribution in [2.24, 2.45) is 0 Å². The molecule has 6 nitrogen and oxygen atoms in total. The molecule has 2 aromatic carbocycles. The van der Waals surface area contributed by atoms with E-state index in [1.54, 1.807) is 24.3 Å². The summed E-state index contributed by atoms with van der Waals surface area (Å²) in [6.45, 7) is 6.00. The van der Waals surface area contributed by atoms with Crippen LogP contribution in [0.3, 0.4) is 0 Å². The molecule has 2 atom stereocenters. The first kappa shape index (κ1) is 21.4. The third kappa shape index (κ3) is 4.64. The topological polar surface area (TPSA) is 70.7 Å². The monoisotopic (exact) mass is 531 g/mol. The van der Waals surface area contributed by atoms with Gasteiger partial charge < -0.3 is 15.0 Å². The second-order valence-electron chi connectivity index (χ2n) is 6.88. The highest BCUT2D eigenvalue weighted by Crippen LogP contribution is 2.34. The highest BCUT2D eigenvalue weighted by atomic mass is 79.9. The Bertz CT molecular complexity index is 969. The Morgan fingerprint density at radius 2 is 1.93 bits per heavy atom. The van der Waals surface area contributed by atoms with Crippen LogP contribution in [0.25, 0.3) is 0 Å². The van der Waals surface area contributed by atoms with Gasteiger partial charge in [0.05, 0.1) is 12.8 Å². The number of anilines is 2. The van der Waals surface area contributed by atoms with Gasteiger partial charge in [0.15, 0.2) is 0 Å². The van der Waals surface area contributed by atoms with Crippen LogP contribution in [-0.4, -0.2) is 40.7 Å². The number of methoxy groups -OCH3 is 1. The maximum atomic E-state index is 13.0. The molecule has 1 saturated heterocycles. The molecule has 0 amide bonds. The molecule has 1 fully saturated rings. The van der Waals surface area contributed by atoms with Crippen molar-refractivity contribution in [1.82, 2.24) is 5.32 Å². The number of benzene rings is 2. The summed E-state index contributed by atoms with van der Waals surface area (Å²) in [4.78, 5) is 2.43. The van der Waals surface area contributed by atoms with Crippen molar-refractivity contribution in [2.75, 3.05) is 29.8 Å². The van der Waals surface area contributed by atoms with E-state index in [1.807, 2.05) is 12.1 Å². The number of hydrogen-bond acceptors (Lipinski definition) is 5. The van der Waals surface area contributed by atoms with Crippen LogP contribution in [0.4, 0.5) is 11.4 Å².